The predicted octanol–water partition coefficient (Wildman–Crippen LogP) is 3.71. The van der Waals surface area contributed by atoms with E-state index in [0.29, 0.717) is 21.9 Å². The van der Waals surface area contributed by atoms with Crippen molar-refractivity contribution in [3.63, 3.8) is 0 Å². The van der Waals surface area contributed by atoms with Crippen LogP contribution in [0.4, 0.5) is 4.39 Å². The summed E-state index contributed by atoms with van der Waals surface area (Å²) in [6.45, 7) is 5.83. The number of rotatable bonds is 1. The van der Waals surface area contributed by atoms with Gasteiger partial charge in [0, 0.05) is 18.7 Å². The van der Waals surface area contributed by atoms with E-state index < -0.39 is 0 Å². The van der Waals surface area contributed by atoms with Crippen LogP contribution in [0.1, 0.15) is 30.6 Å². The molecule has 2 nitrogen and oxygen atoms in total. The molecule has 2 atom stereocenters. The first-order valence-electron chi connectivity index (χ1n) is 6.21. The third kappa shape index (κ3) is 2.91. The Morgan fingerprint density at radius 3 is 2.50 bits per heavy atom. The van der Waals surface area contributed by atoms with Gasteiger partial charge in [-0.2, -0.15) is 0 Å². The van der Waals surface area contributed by atoms with E-state index in [0.717, 1.165) is 19.5 Å². The standard InChI is InChI=1S/C14H17BrFNO/c1-9-5-10(2)8-17(7-9)14(18)11-3-4-12(15)13(16)6-11/h3-4,6,9-10H,5,7-8H2,1-2H3. The van der Waals surface area contributed by atoms with Gasteiger partial charge in [-0.25, -0.2) is 4.39 Å². The highest BCUT2D eigenvalue weighted by molar-refractivity contribution is 9.10. The van der Waals surface area contributed by atoms with Crippen LogP contribution in [0.15, 0.2) is 22.7 Å². The maximum Gasteiger partial charge on any atom is 0.253 e. The van der Waals surface area contributed by atoms with Crippen molar-refractivity contribution in [2.75, 3.05) is 13.1 Å². The van der Waals surface area contributed by atoms with E-state index in [4.69, 9.17) is 0 Å². The van der Waals surface area contributed by atoms with Gasteiger partial charge in [0.25, 0.3) is 5.91 Å². The fourth-order valence-electron chi connectivity index (χ4n) is 2.64. The molecule has 1 fully saturated rings. The van der Waals surface area contributed by atoms with Crippen molar-refractivity contribution >= 4 is 21.8 Å². The zero-order valence-corrected chi connectivity index (χ0v) is 12.2. The number of halogens is 2. The van der Waals surface area contributed by atoms with Gasteiger partial charge in [-0.1, -0.05) is 13.8 Å². The molecule has 98 valence electrons. The zero-order chi connectivity index (χ0) is 13.3. The Labute approximate surface area is 115 Å². The molecule has 1 aromatic carbocycles. The van der Waals surface area contributed by atoms with Crippen LogP contribution in [0.5, 0.6) is 0 Å². The van der Waals surface area contributed by atoms with Crippen molar-refractivity contribution in [2.24, 2.45) is 11.8 Å². The molecule has 1 amide bonds. The SMILES string of the molecule is CC1CC(C)CN(C(=O)c2ccc(Br)c(F)c2)C1. The summed E-state index contributed by atoms with van der Waals surface area (Å²) in [5, 5.41) is 0. The Bertz CT molecular complexity index is 453. The molecule has 1 aliphatic rings. The lowest BCUT2D eigenvalue weighted by Gasteiger charge is -2.35. The molecule has 0 spiro atoms. The molecule has 2 rings (SSSR count). The number of likely N-dealkylation sites (tertiary alicyclic amines) is 1. The molecular formula is C14H17BrFNO. The Balaban J connectivity index is 2.17. The highest BCUT2D eigenvalue weighted by Gasteiger charge is 2.26. The normalized spacial score (nSPS) is 24.1. The van der Waals surface area contributed by atoms with E-state index >= 15 is 0 Å². The molecule has 4 heteroatoms. The fraction of sp³-hybridized carbons (Fsp3) is 0.500. The van der Waals surface area contributed by atoms with Crippen LogP contribution in [0.3, 0.4) is 0 Å². The molecule has 0 radical (unpaired) electrons. The zero-order valence-electron chi connectivity index (χ0n) is 10.6. The second kappa shape index (κ2) is 5.39. The van der Waals surface area contributed by atoms with Gasteiger partial charge in [0.1, 0.15) is 5.82 Å². The van der Waals surface area contributed by atoms with Gasteiger partial charge < -0.3 is 4.90 Å². The Kier molecular flexibility index (Phi) is 4.05. The van der Waals surface area contributed by atoms with E-state index in [1.165, 1.54) is 6.07 Å². The van der Waals surface area contributed by atoms with Gasteiger partial charge in [0.15, 0.2) is 0 Å². The average molecular weight is 314 g/mol. The number of piperidine rings is 1. The maximum absolute atomic E-state index is 13.4. The van der Waals surface area contributed by atoms with Crippen molar-refractivity contribution in [1.29, 1.82) is 0 Å². The molecule has 18 heavy (non-hydrogen) atoms. The lowest BCUT2D eigenvalue weighted by Crippen LogP contribution is -2.42. The summed E-state index contributed by atoms with van der Waals surface area (Å²) in [7, 11) is 0. The number of nitrogens with zero attached hydrogens (tertiary/aromatic N) is 1. The average Bonchev–Trinajstić information content (AvgIpc) is 2.30. The summed E-state index contributed by atoms with van der Waals surface area (Å²) in [5.74, 6) is 0.565. The first-order valence-corrected chi connectivity index (χ1v) is 7.01. The van der Waals surface area contributed by atoms with Crippen molar-refractivity contribution in [3.05, 3.63) is 34.1 Å². The molecule has 1 aromatic rings. The molecule has 0 saturated carbocycles. The van der Waals surface area contributed by atoms with Gasteiger partial charge in [0.2, 0.25) is 0 Å². The van der Waals surface area contributed by atoms with Crippen LogP contribution in [-0.4, -0.2) is 23.9 Å². The Morgan fingerprint density at radius 2 is 1.94 bits per heavy atom. The lowest BCUT2D eigenvalue weighted by atomic mass is 9.91. The maximum atomic E-state index is 13.4. The van der Waals surface area contributed by atoms with Gasteiger partial charge in [-0.05, 0) is 52.4 Å². The largest absolute Gasteiger partial charge is 0.338 e. The Morgan fingerprint density at radius 1 is 1.33 bits per heavy atom. The van der Waals surface area contributed by atoms with Crippen molar-refractivity contribution in [3.8, 4) is 0 Å². The number of benzene rings is 1. The van der Waals surface area contributed by atoms with E-state index in [-0.39, 0.29) is 11.7 Å². The molecular weight excluding hydrogens is 297 g/mol. The van der Waals surface area contributed by atoms with Crippen LogP contribution in [-0.2, 0) is 0 Å². The van der Waals surface area contributed by atoms with Crippen LogP contribution in [0.2, 0.25) is 0 Å². The second-order valence-electron chi connectivity index (χ2n) is 5.29. The van der Waals surface area contributed by atoms with Gasteiger partial charge in [-0.15, -0.1) is 0 Å². The quantitative estimate of drug-likeness (QED) is 0.774. The van der Waals surface area contributed by atoms with Gasteiger partial charge in [0.05, 0.1) is 4.47 Å². The number of amides is 1. The number of hydrogen-bond donors (Lipinski definition) is 0. The molecule has 0 bridgehead atoms. The molecule has 0 aliphatic carbocycles. The monoisotopic (exact) mass is 313 g/mol. The van der Waals surface area contributed by atoms with Crippen molar-refractivity contribution < 1.29 is 9.18 Å². The van der Waals surface area contributed by atoms with Crippen LogP contribution < -0.4 is 0 Å². The minimum absolute atomic E-state index is 0.0696. The van der Waals surface area contributed by atoms with E-state index in [2.05, 4.69) is 29.8 Å². The van der Waals surface area contributed by atoms with Crippen LogP contribution >= 0.6 is 15.9 Å². The minimum Gasteiger partial charge on any atom is -0.338 e. The first kappa shape index (κ1) is 13.5. The number of hydrogen-bond acceptors (Lipinski definition) is 1. The summed E-state index contributed by atoms with van der Waals surface area (Å²) in [4.78, 5) is 14.1. The Hall–Kier alpha value is -0.900. The topological polar surface area (TPSA) is 20.3 Å². The highest BCUT2D eigenvalue weighted by atomic mass is 79.9. The van der Waals surface area contributed by atoms with E-state index in [1.807, 2.05) is 4.90 Å². The molecule has 1 heterocycles. The summed E-state index contributed by atoms with van der Waals surface area (Å²) in [6, 6.07) is 4.55. The van der Waals surface area contributed by atoms with E-state index in [1.54, 1.807) is 12.1 Å². The summed E-state index contributed by atoms with van der Waals surface area (Å²) in [5.41, 5.74) is 0.428. The molecule has 1 saturated heterocycles. The minimum atomic E-state index is -0.390. The number of carbonyl (C=O) groups is 1. The van der Waals surface area contributed by atoms with Gasteiger partial charge >= 0.3 is 0 Å². The molecule has 0 aromatic heterocycles. The first-order chi connectivity index (χ1) is 8.47. The van der Waals surface area contributed by atoms with Crippen molar-refractivity contribution in [2.45, 2.75) is 20.3 Å². The van der Waals surface area contributed by atoms with E-state index in [9.17, 15) is 9.18 Å². The molecule has 0 N–H and O–H groups in total. The lowest BCUT2D eigenvalue weighted by molar-refractivity contribution is 0.0622. The molecule has 1 aliphatic heterocycles. The smallest absolute Gasteiger partial charge is 0.253 e. The van der Waals surface area contributed by atoms with Gasteiger partial charge in [-0.3, -0.25) is 4.79 Å². The summed E-state index contributed by atoms with van der Waals surface area (Å²) in [6.07, 6.45) is 1.15. The summed E-state index contributed by atoms with van der Waals surface area (Å²) < 4.78 is 13.8. The second-order valence-corrected chi connectivity index (χ2v) is 6.14. The third-order valence-corrected chi connectivity index (χ3v) is 3.97. The highest BCUT2D eigenvalue weighted by Crippen LogP contribution is 2.23. The summed E-state index contributed by atoms with van der Waals surface area (Å²) >= 11 is 3.09. The fourth-order valence-corrected chi connectivity index (χ4v) is 2.89. The van der Waals surface area contributed by atoms with Crippen LogP contribution in [0, 0.1) is 17.7 Å². The molecule has 2 unspecified atom stereocenters. The van der Waals surface area contributed by atoms with Crippen LogP contribution in [0.25, 0.3) is 0 Å². The van der Waals surface area contributed by atoms with Crippen molar-refractivity contribution in [1.82, 2.24) is 4.90 Å². The third-order valence-electron chi connectivity index (χ3n) is 3.32. The number of carbonyl (C=O) groups excluding carboxylic acids is 1. The predicted molar refractivity (Wildman–Crippen MR) is 72.9 cm³/mol.